The molecule has 0 amide bonds. The molecular formula is C15H15NO. The molecule has 0 saturated carbocycles. The van der Waals surface area contributed by atoms with Crippen LogP contribution in [0.15, 0.2) is 48.8 Å². The number of hydrogen-bond donors (Lipinski definition) is 0. The summed E-state index contributed by atoms with van der Waals surface area (Å²) in [6, 6.07) is 12.4. The van der Waals surface area contributed by atoms with Crippen molar-refractivity contribution in [2.75, 3.05) is 6.61 Å². The highest BCUT2D eigenvalue weighted by Gasteiger charge is 2.19. The second-order valence-corrected chi connectivity index (χ2v) is 4.55. The van der Waals surface area contributed by atoms with Gasteiger partial charge in [-0.3, -0.25) is 4.98 Å². The molecule has 2 nitrogen and oxygen atoms in total. The lowest BCUT2D eigenvalue weighted by Gasteiger charge is -2.25. The van der Waals surface area contributed by atoms with Crippen molar-refractivity contribution < 1.29 is 4.74 Å². The molecule has 0 fully saturated rings. The summed E-state index contributed by atoms with van der Waals surface area (Å²) in [5.74, 6) is 1.61. The van der Waals surface area contributed by atoms with E-state index in [1.807, 2.05) is 24.5 Å². The van der Waals surface area contributed by atoms with Crippen molar-refractivity contribution in [2.24, 2.45) is 5.92 Å². The minimum Gasteiger partial charge on any atom is -0.493 e. The highest BCUT2D eigenvalue weighted by molar-refractivity contribution is 5.35. The van der Waals surface area contributed by atoms with Crippen LogP contribution in [0.1, 0.15) is 11.1 Å². The van der Waals surface area contributed by atoms with Crippen LogP contribution in [-0.4, -0.2) is 11.6 Å². The first-order valence-electron chi connectivity index (χ1n) is 6.01. The van der Waals surface area contributed by atoms with Gasteiger partial charge in [-0.1, -0.05) is 24.3 Å². The number of nitrogens with zero attached hydrogens (tertiary/aromatic N) is 1. The first kappa shape index (κ1) is 10.3. The van der Waals surface area contributed by atoms with E-state index in [1.165, 1.54) is 11.1 Å². The maximum atomic E-state index is 5.79. The first-order valence-corrected chi connectivity index (χ1v) is 6.01. The van der Waals surface area contributed by atoms with E-state index in [2.05, 4.69) is 29.2 Å². The maximum Gasteiger partial charge on any atom is 0.122 e. The zero-order valence-corrected chi connectivity index (χ0v) is 9.67. The summed E-state index contributed by atoms with van der Waals surface area (Å²) in [6.07, 6.45) is 5.91. The van der Waals surface area contributed by atoms with E-state index in [0.29, 0.717) is 5.92 Å². The number of aromatic nitrogens is 1. The SMILES string of the molecule is c1cncc(CC2COc3ccccc3C2)c1. The molecule has 0 spiro atoms. The summed E-state index contributed by atoms with van der Waals surface area (Å²) in [6.45, 7) is 0.811. The molecule has 2 heterocycles. The fourth-order valence-corrected chi connectivity index (χ4v) is 2.37. The molecule has 0 aliphatic carbocycles. The number of ether oxygens (including phenoxy) is 1. The van der Waals surface area contributed by atoms with Gasteiger partial charge in [0.2, 0.25) is 0 Å². The van der Waals surface area contributed by atoms with Gasteiger partial charge in [0.05, 0.1) is 6.61 Å². The van der Waals surface area contributed by atoms with Crippen LogP contribution in [-0.2, 0) is 12.8 Å². The van der Waals surface area contributed by atoms with Crippen molar-refractivity contribution in [3.63, 3.8) is 0 Å². The molecule has 1 aliphatic rings. The molecule has 3 rings (SSSR count). The van der Waals surface area contributed by atoms with Gasteiger partial charge in [0, 0.05) is 18.3 Å². The molecule has 2 aromatic rings. The van der Waals surface area contributed by atoms with Crippen LogP contribution in [0.5, 0.6) is 5.75 Å². The minimum absolute atomic E-state index is 0.564. The Morgan fingerprint density at radius 2 is 2.12 bits per heavy atom. The van der Waals surface area contributed by atoms with E-state index >= 15 is 0 Å². The van der Waals surface area contributed by atoms with Crippen LogP contribution in [0.3, 0.4) is 0 Å². The molecule has 17 heavy (non-hydrogen) atoms. The Kier molecular flexibility index (Phi) is 2.78. The molecule has 1 unspecified atom stereocenters. The summed E-state index contributed by atoms with van der Waals surface area (Å²) in [5, 5.41) is 0. The number of benzene rings is 1. The van der Waals surface area contributed by atoms with Gasteiger partial charge in [0.25, 0.3) is 0 Å². The van der Waals surface area contributed by atoms with E-state index in [0.717, 1.165) is 25.2 Å². The fourth-order valence-electron chi connectivity index (χ4n) is 2.37. The van der Waals surface area contributed by atoms with Gasteiger partial charge in [-0.2, -0.15) is 0 Å². The van der Waals surface area contributed by atoms with E-state index in [4.69, 9.17) is 4.74 Å². The quantitative estimate of drug-likeness (QED) is 0.784. The number of hydrogen-bond acceptors (Lipinski definition) is 2. The summed E-state index contributed by atoms with van der Waals surface area (Å²) >= 11 is 0. The largest absolute Gasteiger partial charge is 0.493 e. The highest BCUT2D eigenvalue weighted by atomic mass is 16.5. The Morgan fingerprint density at radius 1 is 1.18 bits per heavy atom. The number of pyridine rings is 1. The Labute approximate surface area is 101 Å². The lowest BCUT2D eigenvalue weighted by molar-refractivity contribution is 0.221. The third kappa shape index (κ3) is 2.31. The highest BCUT2D eigenvalue weighted by Crippen LogP contribution is 2.28. The molecular weight excluding hydrogens is 210 g/mol. The van der Waals surface area contributed by atoms with Crippen LogP contribution in [0, 0.1) is 5.92 Å². The van der Waals surface area contributed by atoms with Crippen molar-refractivity contribution in [1.82, 2.24) is 4.98 Å². The van der Waals surface area contributed by atoms with Gasteiger partial charge < -0.3 is 4.74 Å². The normalized spacial score (nSPS) is 18.2. The van der Waals surface area contributed by atoms with Crippen LogP contribution in [0.4, 0.5) is 0 Å². The van der Waals surface area contributed by atoms with Crippen LogP contribution >= 0.6 is 0 Å². The second-order valence-electron chi connectivity index (χ2n) is 4.55. The molecule has 1 aromatic carbocycles. The van der Waals surface area contributed by atoms with Gasteiger partial charge in [-0.15, -0.1) is 0 Å². The Bertz CT molecular complexity index is 495. The van der Waals surface area contributed by atoms with Crippen molar-refractivity contribution in [3.05, 3.63) is 59.9 Å². The number of rotatable bonds is 2. The summed E-state index contributed by atoms with van der Waals surface area (Å²) < 4.78 is 5.79. The third-order valence-corrected chi connectivity index (χ3v) is 3.20. The predicted octanol–water partition coefficient (Wildman–Crippen LogP) is 2.88. The van der Waals surface area contributed by atoms with E-state index in [9.17, 15) is 0 Å². The molecule has 0 N–H and O–H groups in total. The van der Waals surface area contributed by atoms with Gasteiger partial charge in [0.15, 0.2) is 0 Å². The van der Waals surface area contributed by atoms with Gasteiger partial charge >= 0.3 is 0 Å². The van der Waals surface area contributed by atoms with Crippen molar-refractivity contribution in [1.29, 1.82) is 0 Å². The molecule has 2 heteroatoms. The van der Waals surface area contributed by atoms with Crippen molar-refractivity contribution in [2.45, 2.75) is 12.8 Å². The van der Waals surface area contributed by atoms with E-state index in [1.54, 1.807) is 0 Å². The van der Waals surface area contributed by atoms with Crippen LogP contribution in [0.25, 0.3) is 0 Å². The van der Waals surface area contributed by atoms with Crippen molar-refractivity contribution in [3.8, 4) is 5.75 Å². The smallest absolute Gasteiger partial charge is 0.122 e. The molecule has 1 atom stereocenters. The summed E-state index contributed by atoms with van der Waals surface area (Å²) in [5.41, 5.74) is 2.62. The number of fused-ring (bicyclic) bond motifs is 1. The van der Waals surface area contributed by atoms with Crippen LogP contribution in [0.2, 0.25) is 0 Å². The average molecular weight is 225 g/mol. The second kappa shape index (κ2) is 4.58. The molecule has 1 aromatic heterocycles. The summed E-state index contributed by atoms with van der Waals surface area (Å²) in [7, 11) is 0. The van der Waals surface area contributed by atoms with Gasteiger partial charge in [-0.05, 0) is 36.1 Å². The zero-order valence-electron chi connectivity index (χ0n) is 9.67. The zero-order chi connectivity index (χ0) is 11.5. The molecule has 0 bridgehead atoms. The van der Waals surface area contributed by atoms with Gasteiger partial charge in [0.1, 0.15) is 5.75 Å². The minimum atomic E-state index is 0.564. The van der Waals surface area contributed by atoms with Crippen LogP contribution < -0.4 is 4.74 Å². The maximum absolute atomic E-state index is 5.79. The molecule has 86 valence electrons. The monoisotopic (exact) mass is 225 g/mol. The Balaban J connectivity index is 1.72. The molecule has 0 saturated heterocycles. The topological polar surface area (TPSA) is 22.1 Å². The molecule has 1 aliphatic heterocycles. The number of para-hydroxylation sites is 1. The third-order valence-electron chi connectivity index (χ3n) is 3.20. The lowest BCUT2D eigenvalue weighted by Crippen LogP contribution is -2.22. The average Bonchev–Trinajstić information content (AvgIpc) is 2.40. The Morgan fingerprint density at radius 3 is 3.00 bits per heavy atom. The molecule has 0 radical (unpaired) electrons. The van der Waals surface area contributed by atoms with Gasteiger partial charge in [-0.25, -0.2) is 0 Å². The van der Waals surface area contributed by atoms with E-state index < -0.39 is 0 Å². The summed E-state index contributed by atoms with van der Waals surface area (Å²) in [4.78, 5) is 4.15. The van der Waals surface area contributed by atoms with E-state index in [-0.39, 0.29) is 0 Å². The standard InChI is InChI=1S/C15H15NO/c1-2-6-15-14(5-1)9-13(11-17-15)8-12-4-3-7-16-10-12/h1-7,10,13H,8-9,11H2. The van der Waals surface area contributed by atoms with Crippen molar-refractivity contribution >= 4 is 0 Å². The lowest BCUT2D eigenvalue weighted by atomic mass is 9.91. The Hall–Kier alpha value is -1.83. The first-order chi connectivity index (χ1) is 8.42. The fraction of sp³-hybridized carbons (Fsp3) is 0.267. The predicted molar refractivity (Wildman–Crippen MR) is 67.1 cm³/mol.